The van der Waals surface area contributed by atoms with Gasteiger partial charge in [-0.3, -0.25) is 9.74 Å². The van der Waals surface area contributed by atoms with Crippen molar-refractivity contribution in [2.75, 3.05) is 75.3 Å². The van der Waals surface area contributed by atoms with Crippen LogP contribution in [0.1, 0.15) is 30.9 Å². The molecule has 3 aliphatic heterocycles. The molecular formula is C30H37ClFN7O2. The van der Waals surface area contributed by atoms with Crippen molar-refractivity contribution in [2.24, 2.45) is 0 Å². The Balaban J connectivity index is 1.12. The Labute approximate surface area is 245 Å². The lowest BCUT2D eigenvalue weighted by molar-refractivity contribution is 0.0982. The first-order valence-electron chi connectivity index (χ1n) is 14.3. The molecule has 0 aliphatic carbocycles. The summed E-state index contributed by atoms with van der Waals surface area (Å²) in [6.07, 6.45) is 4.55. The molecule has 3 saturated heterocycles. The molecule has 1 atom stereocenters. The van der Waals surface area contributed by atoms with E-state index in [0.717, 1.165) is 48.9 Å². The van der Waals surface area contributed by atoms with Gasteiger partial charge in [0.25, 0.3) is 0 Å². The van der Waals surface area contributed by atoms with Gasteiger partial charge in [0.15, 0.2) is 5.82 Å². The number of nitrogens with zero attached hydrogens (tertiary/aromatic N) is 6. The van der Waals surface area contributed by atoms with Crippen LogP contribution in [0, 0.1) is 5.82 Å². The fraction of sp³-hybridized carbons (Fsp3) is 0.467. The smallest absolute Gasteiger partial charge is 0.158 e. The Hall–Kier alpha value is -3.18. The molecule has 41 heavy (non-hydrogen) atoms. The highest BCUT2D eigenvalue weighted by Crippen LogP contribution is 2.37. The van der Waals surface area contributed by atoms with Crippen LogP contribution in [-0.2, 0) is 4.84 Å². The summed E-state index contributed by atoms with van der Waals surface area (Å²) in [5, 5.41) is 5.19. The van der Waals surface area contributed by atoms with Gasteiger partial charge in [-0.25, -0.2) is 19.4 Å². The Bertz CT molecular complexity index is 1350. The molecular weight excluding hydrogens is 545 g/mol. The molecule has 0 spiro atoms. The van der Waals surface area contributed by atoms with Crippen LogP contribution in [0.2, 0.25) is 5.02 Å². The van der Waals surface area contributed by atoms with Crippen molar-refractivity contribution in [1.29, 1.82) is 0 Å². The van der Waals surface area contributed by atoms with Gasteiger partial charge in [0.2, 0.25) is 0 Å². The summed E-state index contributed by atoms with van der Waals surface area (Å²) in [6, 6.07) is 13.4. The number of piperazine rings is 1. The number of likely N-dealkylation sites (N-methyl/N-ethyl adjacent to an activating group) is 1. The number of anilines is 4. The molecule has 218 valence electrons. The first-order valence-corrected chi connectivity index (χ1v) is 14.7. The molecule has 3 fully saturated rings. The van der Waals surface area contributed by atoms with Crippen molar-refractivity contribution in [3.63, 3.8) is 0 Å². The second-order valence-electron chi connectivity index (χ2n) is 11.0. The molecule has 3 aliphatic rings. The van der Waals surface area contributed by atoms with E-state index in [0.29, 0.717) is 30.7 Å². The molecule has 0 amide bonds. The maximum atomic E-state index is 14.1. The van der Waals surface area contributed by atoms with E-state index in [-0.39, 0.29) is 11.1 Å². The number of hydrogen-bond acceptors (Lipinski definition) is 9. The molecule has 11 heteroatoms. The number of ether oxygens (including phenoxy) is 1. The monoisotopic (exact) mass is 581 g/mol. The molecule has 0 radical (unpaired) electrons. The third-order valence-corrected chi connectivity index (χ3v) is 8.75. The topological polar surface area (TPSA) is 69.2 Å². The lowest BCUT2D eigenvalue weighted by Gasteiger charge is -2.42. The second-order valence-corrected chi connectivity index (χ2v) is 11.4. The summed E-state index contributed by atoms with van der Waals surface area (Å²) in [5.74, 6) is 1.48. The molecule has 4 heterocycles. The van der Waals surface area contributed by atoms with Crippen LogP contribution in [0.25, 0.3) is 0 Å². The Kier molecular flexibility index (Phi) is 8.43. The number of nitrogens with one attached hydrogen (secondary N) is 1. The van der Waals surface area contributed by atoms with E-state index < -0.39 is 5.82 Å². The van der Waals surface area contributed by atoms with Crippen LogP contribution in [0.15, 0.2) is 48.8 Å². The predicted molar refractivity (Wildman–Crippen MR) is 160 cm³/mol. The molecule has 6 rings (SSSR count). The SMILES string of the molecule is COc1cc(N2CCC(N3CCN(C)CC3)CC2)ccc1Nc1cc(N2OCC[C@@H]2c2ccc(Cl)c(F)c2)ncn1. The molecule has 1 aromatic heterocycles. The summed E-state index contributed by atoms with van der Waals surface area (Å²) in [4.78, 5) is 22.3. The quantitative estimate of drug-likeness (QED) is 0.409. The van der Waals surface area contributed by atoms with Crippen LogP contribution >= 0.6 is 11.6 Å². The third kappa shape index (κ3) is 6.21. The largest absolute Gasteiger partial charge is 0.494 e. The average molecular weight is 582 g/mol. The van der Waals surface area contributed by atoms with E-state index in [9.17, 15) is 4.39 Å². The lowest BCUT2D eigenvalue weighted by atomic mass is 10.0. The van der Waals surface area contributed by atoms with Crippen molar-refractivity contribution < 1.29 is 14.0 Å². The zero-order chi connectivity index (χ0) is 28.3. The van der Waals surface area contributed by atoms with Crippen molar-refractivity contribution >= 4 is 34.6 Å². The van der Waals surface area contributed by atoms with Crippen molar-refractivity contribution in [1.82, 2.24) is 19.8 Å². The summed E-state index contributed by atoms with van der Waals surface area (Å²) in [5.41, 5.74) is 2.75. The molecule has 0 unspecified atom stereocenters. The minimum absolute atomic E-state index is 0.0999. The number of halogens is 2. The summed E-state index contributed by atoms with van der Waals surface area (Å²) in [7, 11) is 3.89. The van der Waals surface area contributed by atoms with E-state index in [2.05, 4.69) is 49.2 Å². The Morgan fingerprint density at radius 3 is 2.54 bits per heavy atom. The molecule has 2 aromatic carbocycles. The molecule has 0 saturated carbocycles. The van der Waals surface area contributed by atoms with Gasteiger partial charge in [0, 0.05) is 69.6 Å². The van der Waals surface area contributed by atoms with Gasteiger partial charge < -0.3 is 19.9 Å². The maximum absolute atomic E-state index is 14.1. The van der Waals surface area contributed by atoms with Gasteiger partial charge in [-0.1, -0.05) is 17.7 Å². The summed E-state index contributed by atoms with van der Waals surface area (Å²) in [6.45, 7) is 7.24. The zero-order valence-electron chi connectivity index (χ0n) is 23.6. The highest BCUT2D eigenvalue weighted by atomic mass is 35.5. The lowest BCUT2D eigenvalue weighted by Crippen LogP contribution is -2.52. The van der Waals surface area contributed by atoms with Gasteiger partial charge in [-0.15, -0.1) is 0 Å². The van der Waals surface area contributed by atoms with Crippen LogP contribution in [0.3, 0.4) is 0 Å². The first kappa shape index (κ1) is 28.0. The van der Waals surface area contributed by atoms with Crippen LogP contribution in [-0.4, -0.2) is 85.8 Å². The van der Waals surface area contributed by atoms with Crippen LogP contribution in [0.4, 0.5) is 27.4 Å². The van der Waals surface area contributed by atoms with Gasteiger partial charge in [-0.2, -0.15) is 0 Å². The molecule has 3 aromatic rings. The second kappa shape index (κ2) is 12.4. The van der Waals surface area contributed by atoms with Gasteiger partial charge >= 0.3 is 0 Å². The summed E-state index contributed by atoms with van der Waals surface area (Å²) < 4.78 is 19.9. The number of aromatic nitrogens is 2. The number of hydroxylamine groups is 1. The van der Waals surface area contributed by atoms with Crippen LogP contribution in [0.5, 0.6) is 5.75 Å². The van der Waals surface area contributed by atoms with E-state index in [4.69, 9.17) is 21.2 Å². The standard InChI is InChI=1S/C30H37ClFN7O2/c1-36-12-14-38(15-13-36)22-7-10-37(11-8-22)23-4-6-26(28(18-23)40-2)35-29-19-30(34-20-33-29)39-27(9-16-41-39)21-3-5-24(31)25(32)17-21/h3-6,17-20,22,27H,7-16H2,1-2H3,(H,33,34,35)/t27-/m1/s1. The van der Waals surface area contributed by atoms with Gasteiger partial charge in [-0.05, 0) is 49.7 Å². The van der Waals surface area contributed by atoms with Crippen molar-refractivity contribution in [2.45, 2.75) is 31.3 Å². The van der Waals surface area contributed by atoms with Gasteiger partial charge in [0.1, 0.15) is 23.7 Å². The molecule has 9 nitrogen and oxygen atoms in total. The Morgan fingerprint density at radius 1 is 0.976 bits per heavy atom. The minimum Gasteiger partial charge on any atom is -0.494 e. The van der Waals surface area contributed by atoms with Crippen molar-refractivity contribution in [3.05, 3.63) is 65.2 Å². The number of piperidine rings is 1. The minimum atomic E-state index is -0.448. The highest BCUT2D eigenvalue weighted by Gasteiger charge is 2.30. The zero-order valence-corrected chi connectivity index (χ0v) is 24.4. The van der Waals surface area contributed by atoms with Crippen LogP contribution < -0.4 is 20.0 Å². The summed E-state index contributed by atoms with van der Waals surface area (Å²) >= 11 is 5.89. The van der Waals surface area contributed by atoms with E-state index >= 15 is 0 Å². The van der Waals surface area contributed by atoms with E-state index in [1.54, 1.807) is 18.2 Å². The van der Waals surface area contributed by atoms with E-state index in [1.807, 2.05) is 18.2 Å². The fourth-order valence-electron chi connectivity index (χ4n) is 6.05. The molecule has 1 N–H and O–H groups in total. The maximum Gasteiger partial charge on any atom is 0.158 e. The molecule has 0 bridgehead atoms. The average Bonchev–Trinajstić information content (AvgIpc) is 3.50. The third-order valence-electron chi connectivity index (χ3n) is 8.44. The van der Waals surface area contributed by atoms with Gasteiger partial charge in [0.05, 0.1) is 30.5 Å². The Morgan fingerprint density at radius 2 is 1.78 bits per heavy atom. The number of hydrogen-bond donors (Lipinski definition) is 1. The highest BCUT2D eigenvalue weighted by molar-refractivity contribution is 6.30. The predicted octanol–water partition coefficient (Wildman–Crippen LogP) is 5.12. The number of rotatable bonds is 7. The number of methoxy groups -OCH3 is 1. The first-order chi connectivity index (χ1) is 20.0. The van der Waals surface area contributed by atoms with Crippen molar-refractivity contribution in [3.8, 4) is 5.75 Å². The fourth-order valence-corrected chi connectivity index (χ4v) is 6.17. The van der Waals surface area contributed by atoms with E-state index in [1.165, 1.54) is 38.3 Å². The normalized spacial score (nSPS) is 20.9. The number of benzene rings is 2.